The summed E-state index contributed by atoms with van der Waals surface area (Å²) in [7, 11) is 0. The number of hydrogen-bond donors (Lipinski definition) is 2. The first-order chi connectivity index (χ1) is 11.6. The van der Waals surface area contributed by atoms with E-state index in [-0.39, 0.29) is 30.7 Å². The summed E-state index contributed by atoms with van der Waals surface area (Å²) in [5.41, 5.74) is 8.81. The molecule has 1 fully saturated rings. The highest BCUT2D eigenvalue weighted by Gasteiger charge is 2.12. The molecular weight excluding hydrogens is 375 g/mol. The molecule has 1 aromatic carbocycles. The van der Waals surface area contributed by atoms with Crippen LogP contribution in [0.25, 0.3) is 0 Å². The molecular formula is C18H24Cl2N4O2. The summed E-state index contributed by atoms with van der Waals surface area (Å²) in [5.74, 6) is 0.817. The number of nitrogens with one attached hydrogen (secondary N) is 1. The molecule has 1 saturated heterocycles. The maximum atomic E-state index is 12.3. The zero-order chi connectivity index (χ0) is 16.9. The lowest BCUT2D eigenvalue weighted by molar-refractivity contribution is 0.0950. The Morgan fingerprint density at radius 1 is 1.23 bits per heavy atom. The lowest BCUT2D eigenvalue weighted by Crippen LogP contribution is -2.36. The Morgan fingerprint density at radius 2 is 1.96 bits per heavy atom. The van der Waals surface area contributed by atoms with Crippen LogP contribution in [0.3, 0.4) is 0 Å². The van der Waals surface area contributed by atoms with Crippen molar-refractivity contribution in [3.05, 3.63) is 53.2 Å². The van der Waals surface area contributed by atoms with Gasteiger partial charge in [-0.15, -0.1) is 24.8 Å². The predicted octanol–water partition coefficient (Wildman–Crippen LogP) is 2.58. The highest BCUT2D eigenvalue weighted by Crippen LogP contribution is 2.14. The first kappa shape index (κ1) is 22.0. The topological polar surface area (TPSA) is 80.5 Å². The number of nitrogens with two attached hydrogens (primary N) is 1. The van der Waals surface area contributed by atoms with Crippen molar-refractivity contribution >= 4 is 42.2 Å². The van der Waals surface area contributed by atoms with Crippen LogP contribution >= 0.6 is 24.8 Å². The lowest BCUT2D eigenvalue weighted by Gasteiger charge is -2.27. The second kappa shape index (κ2) is 10.2. The zero-order valence-electron chi connectivity index (χ0n) is 14.6. The summed E-state index contributed by atoms with van der Waals surface area (Å²) >= 11 is 0. The van der Waals surface area contributed by atoms with Gasteiger partial charge in [-0.1, -0.05) is 12.1 Å². The van der Waals surface area contributed by atoms with Crippen LogP contribution < -0.4 is 16.0 Å². The molecule has 3 N–H and O–H groups in total. The number of hydrogen-bond acceptors (Lipinski definition) is 5. The Labute approximate surface area is 165 Å². The summed E-state index contributed by atoms with van der Waals surface area (Å²) in [6, 6.07) is 9.32. The van der Waals surface area contributed by atoms with E-state index in [0.29, 0.717) is 17.8 Å². The molecule has 0 atom stereocenters. The minimum atomic E-state index is -0.128. The number of nitrogens with zero attached hydrogens (tertiary/aromatic N) is 2. The Hall–Kier alpha value is -2.02. The number of halogens is 2. The average molecular weight is 399 g/mol. The van der Waals surface area contributed by atoms with E-state index in [1.54, 1.807) is 18.3 Å². The molecule has 8 heteroatoms. The van der Waals surface area contributed by atoms with E-state index in [2.05, 4.69) is 15.2 Å². The van der Waals surface area contributed by atoms with Gasteiger partial charge in [-0.05, 0) is 36.2 Å². The summed E-state index contributed by atoms with van der Waals surface area (Å²) in [6.07, 6.45) is 1.80. The number of carbonyl (C=O) groups is 1. The predicted molar refractivity (Wildman–Crippen MR) is 109 cm³/mol. The van der Waals surface area contributed by atoms with Gasteiger partial charge in [0.15, 0.2) is 0 Å². The Morgan fingerprint density at radius 3 is 2.62 bits per heavy atom. The Bertz CT molecular complexity index is 720. The molecule has 1 aromatic heterocycles. The molecule has 0 saturated carbocycles. The van der Waals surface area contributed by atoms with Crippen molar-refractivity contribution in [2.75, 3.05) is 36.9 Å². The van der Waals surface area contributed by atoms with Gasteiger partial charge < -0.3 is 20.7 Å². The third-order valence-corrected chi connectivity index (χ3v) is 4.10. The normalized spacial score (nSPS) is 13.3. The van der Waals surface area contributed by atoms with E-state index in [4.69, 9.17) is 10.5 Å². The van der Waals surface area contributed by atoms with Gasteiger partial charge in [0.05, 0.1) is 13.2 Å². The van der Waals surface area contributed by atoms with Crippen LogP contribution in [0.4, 0.5) is 11.5 Å². The first-order valence-electron chi connectivity index (χ1n) is 8.05. The van der Waals surface area contributed by atoms with Crippen molar-refractivity contribution in [2.45, 2.75) is 13.5 Å². The summed E-state index contributed by atoms with van der Waals surface area (Å²) in [4.78, 5) is 19.0. The van der Waals surface area contributed by atoms with Crippen LogP contribution in [0.5, 0.6) is 0 Å². The highest BCUT2D eigenvalue weighted by atomic mass is 35.5. The number of nitrogen functional groups attached to an aromatic ring is 1. The second-order valence-electron chi connectivity index (χ2n) is 5.88. The van der Waals surface area contributed by atoms with Gasteiger partial charge in [0.2, 0.25) is 0 Å². The van der Waals surface area contributed by atoms with Gasteiger partial charge in [-0.3, -0.25) is 4.79 Å². The van der Waals surface area contributed by atoms with Crippen molar-refractivity contribution in [1.29, 1.82) is 0 Å². The van der Waals surface area contributed by atoms with Crippen LogP contribution in [0.15, 0.2) is 36.5 Å². The fraction of sp³-hybridized carbons (Fsp3) is 0.333. The van der Waals surface area contributed by atoms with E-state index < -0.39 is 0 Å². The van der Waals surface area contributed by atoms with Gasteiger partial charge in [-0.2, -0.15) is 0 Å². The molecule has 26 heavy (non-hydrogen) atoms. The Kier molecular flexibility index (Phi) is 8.65. The standard InChI is InChI=1S/C18H22N4O2.2ClH/c1-13-2-4-15(19)10-16(13)18(23)21-12-14-3-5-17(20-11-14)22-6-8-24-9-7-22;;/h2-5,10-11H,6-9,12,19H2,1H3,(H,21,23);2*1H. The third kappa shape index (κ3) is 5.49. The number of pyridine rings is 1. The van der Waals surface area contributed by atoms with Gasteiger partial charge in [0.25, 0.3) is 5.91 Å². The molecule has 1 aliphatic heterocycles. The molecule has 1 aliphatic rings. The van der Waals surface area contributed by atoms with E-state index >= 15 is 0 Å². The highest BCUT2D eigenvalue weighted by molar-refractivity contribution is 5.96. The van der Waals surface area contributed by atoms with Gasteiger partial charge >= 0.3 is 0 Å². The summed E-state index contributed by atoms with van der Waals surface area (Å²) < 4.78 is 5.34. The second-order valence-corrected chi connectivity index (χ2v) is 5.88. The summed E-state index contributed by atoms with van der Waals surface area (Å²) in [6.45, 7) is 5.52. The van der Waals surface area contributed by atoms with E-state index in [0.717, 1.165) is 43.2 Å². The maximum absolute atomic E-state index is 12.3. The lowest BCUT2D eigenvalue weighted by atomic mass is 10.1. The fourth-order valence-corrected chi connectivity index (χ4v) is 2.66. The molecule has 0 unspecified atom stereocenters. The number of morpholine rings is 1. The number of amides is 1. The Balaban J connectivity index is 0.00000169. The van der Waals surface area contributed by atoms with Gasteiger partial charge in [0.1, 0.15) is 5.82 Å². The molecule has 3 rings (SSSR count). The van der Waals surface area contributed by atoms with Crippen LogP contribution in [0, 0.1) is 6.92 Å². The number of benzene rings is 1. The fourth-order valence-electron chi connectivity index (χ4n) is 2.66. The maximum Gasteiger partial charge on any atom is 0.251 e. The molecule has 0 spiro atoms. The number of carbonyl (C=O) groups excluding carboxylic acids is 1. The molecule has 0 radical (unpaired) electrons. The van der Waals surface area contributed by atoms with Crippen LogP contribution in [-0.2, 0) is 11.3 Å². The van der Waals surface area contributed by atoms with E-state index in [9.17, 15) is 4.79 Å². The quantitative estimate of drug-likeness (QED) is 0.773. The van der Waals surface area contributed by atoms with Crippen LogP contribution in [0.1, 0.15) is 21.5 Å². The number of anilines is 2. The molecule has 142 valence electrons. The van der Waals surface area contributed by atoms with Crippen molar-refractivity contribution in [3.63, 3.8) is 0 Å². The molecule has 2 aromatic rings. The zero-order valence-corrected chi connectivity index (χ0v) is 16.2. The largest absolute Gasteiger partial charge is 0.399 e. The monoisotopic (exact) mass is 398 g/mol. The molecule has 1 amide bonds. The molecule has 0 bridgehead atoms. The van der Waals surface area contributed by atoms with Gasteiger partial charge in [-0.25, -0.2) is 4.98 Å². The third-order valence-electron chi connectivity index (χ3n) is 4.10. The smallest absolute Gasteiger partial charge is 0.251 e. The SMILES string of the molecule is Cc1ccc(N)cc1C(=O)NCc1ccc(N2CCOCC2)nc1.Cl.Cl. The summed E-state index contributed by atoms with van der Waals surface area (Å²) in [5, 5.41) is 2.91. The van der Waals surface area contributed by atoms with Crippen LogP contribution in [-0.4, -0.2) is 37.2 Å². The number of rotatable bonds is 4. The van der Waals surface area contributed by atoms with Crippen molar-refractivity contribution in [1.82, 2.24) is 10.3 Å². The van der Waals surface area contributed by atoms with Gasteiger partial charge in [0, 0.05) is 37.1 Å². The van der Waals surface area contributed by atoms with E-state index in [1.165, 1.54) is 0 Å². The number of aromatic nitrogens is 1. The number of ether oxygens (including phenoxy) is 1. The van der Waals surface area contributed by atoms with E-state index in [1.807, 2.05) is 25.1 Å². The minimum absolute atomic E-state index is 0. The van der Waals surface area contributed by atoms with Crippen LogP contribution in [0.2, 0.25) is 0 Å². The molecule has 2 heterocycles. The molecule has 0 aliphatic carbocycles. The minimum Gasteiger partial charge on any atom is -0.399 e. The van der Waals surface area contributed by atoms with Crippen molar-refractivity contribution < 1.29 is 9.53 Å². The van der Waals surface area contributed by atoms with Crippen molar-refractivity contribution in [2.24, 2.45) is 0 Å². The molecule has 6 nitrogen and oxygen atoms in total. The van der Waals surface area contributed by atoms with Crippen molar-refractivity contribution in [3.8, 4) is 0 Å². The average Bonchev–Trinajstić information content (AvgIpc) is 2.63. The first-order valence-corrected chi connectivity index (χ1v) is 8.05. The number of aryl methyl sites for hydroxylation is 1.